The van der Waals surface area contributed by atoms with E-state index < -0.39 is 18.1 Å². The van der Waals surface area contributed by atoms with Crippen LogP contribution in [-0.2, 0) is 14.3 Å². The molecule has 6 heteroatoms. The SMILES string of the molecule is CCOc1ccccc1C1C(C(=O)O)OCC(=O)N1C. The number of nitrogens with zero attached hydrogens (tertiary/aromatic N) is 1. The highest BCUT2D eigenvalue weighted by molar-refractivity contribution is 5.83. The molecule has 1 aliphatic heterocycles. The third kappa shape index (κ3) is 2.60. The molecule has 1 N–H and O–H groups in total. The van der Waals surface area contributed by atoms with Gasteiger partial charge in [-0.1, -0.05) is 18.2 Å². The van der Waals surface area contributed by atoms with Gasteiger partial charge in [0.05, 0.1) is 12.6 Å². The molecule has 0 spiro atoms. The molecule has 20 heavy (non-hydrogen) atoms. The van der Waals surface area contributed by atoms with Crippen molar-refractivity contribution in [2.45, 2.75) is 19.1 Å². The summed E-state index contributed by atoms with van der Waals surface area (Å²) in [6, 6.07) is 6.39. The van der Waals surface area contributed by atoms with Crippen molar-refractivity contribution in [3.05, 3.63) is 29.8 Å². The second-order valence-corrected chi connectivity index (χ2v) is 4.49. The number of ether oxygens (including phenoxy) is 2. The van der Waals surface area contributed by atoms with Crippen molar-refractivity contribution in [2.75, 3.05) is 20.3 Å². The number of morpholine rings is 1. The molecule has 1 aromatic rings. The summed E-state index contributed by atoms with van der Waals surface area (Å²) in [6.07, 6.45) is -1.10. The third-order valence-electron chi connectivity index (χ3n) is 3.26. The number of para-hydroxylation sites is 1. The molecule has 1 fully saturated rings. The summed E-state index contributed by atoms with van der Waals surface area (Å²) >= 11 is 0. The molecular formula is C14H17NO5. The van der Waals surface area contributed by atoms with Crippen molar-refractivity contribution >= 4 is 11.9 Å². The molecule has 0 radical (unpaired) electrons. The molecule has 0 aromatic heterocycles. The number of benzene rings is 1. The predicted molar refractivity (Wildman–Crippen MR) is 70.5 cm³/mol. The molecule has 0 bridgehead atoms. The predicted octanol–water partition coefficient (Wildman–Crippen LogP) is 1.07. The number of carbonyl (C=O) groups is 2. The Morgan fingerprint density at radius 3 is 2.85 bits per heavy atom. The van der Waals surface area contributed by atoms with Crippen molar-refractivity contribution in [1.82, 2.24) is 4.90 Å². The van der Waals surface area contributed by atoms with Gasteiger partial charge in [-0.3, -0.25) is 4.79 Å². The summed E-state index contributed by atoms with van der Waals surface area (Å²) in [4.78, 5) is 24.5. The summed E-state index contributed by atoms with van der Waals surface area (Å²) in [5.41, 5.74) is 0.636. The van der Waals surface area contributed by atoms with Gasteiger partial charge in [-0.25, -0.2) is 4.79 Å². The van der Waals surface area contributed by atoms with E-state index in [1.807, 2.05) is 6.92 Å². The Morgan fingerprint density at radius 2 is 2.20 bits per heavy atom. The van der Waals surface area contributed by atoms with E-state index in [0.29, 0.717) is 17.9 Å². The van der Waals surface area contributed by atoms with E-state index in [1.54, 1.807) is 31.3 Å². The molecule has 1 saturated heterocycles. The Balaban J connectivity index is 2.44. The van der Waals surface area contributed by atoms with Crippen molar-refractivity contribution in [3.63, 3.8) is 0 Å². The van der Waals surface area contributed by atoms with Gasteiger partial charge in [-0.2, -0.15) is 0 Å². The zero-order chi connectivity index (χ0) is 14.7. The van der Waals surface area contributed by atoms with E-state index in [9.17, 15) is 14.7 Å². The monoisotopic (exact) mass is 279 g/mol. The molecular weight excluding hydrogens is 262 g/mol. The van der Waals surface area contributed by atoms with Crippen molar-refractivity contribution < 1.29 is 24.2 Å². The van der Waals surface area contributed by atoms with E-state index in [0.717, 1.165) is 0 Å². The van der Waals surface area contributed by atoms with Crippen LogP contribution in [0, 0.1) is 0 Å². The highest BCUT2D eigenvalue weighted by Gasteiger charge is 2.41. The van der Waals surface area contributed by atoms with Gasteiger partial charge in [-0.05, 0) is 13.0 Å². The zero-order valence-corrected chi connectivity index (χ0v) is 11.4. The first-order valence-electron chi connectivity index (χ1n) is 6.38. The largest absolute Gasteiger partial charge is 0.494 e. The minimum atomic E-state index is -1.10. The zero-order valence-electron chi connectivity index (χ0n) is 11.4. The first-order valence-corrected chi connectivity index (χ1v) is 6.38. The van der Waals surface area contributed by atoms with Gasteiger partial charge in [0.25, 0.3) is 0 Å². The molecule has 108 valence electrons. The number of hydrogen-bond donors (Lipinski definition) is 1. The van der Waals surface area contributed by atoms with Crippen LogP contribution in [0.3, 0.4) is 0 Å². The summed E-state index contributed by atoms with van der Waals surface area (Å²) in [6.45, 7) is 2.08. The number of rotatable bonds is 4. The lowest BCUT2D eigenvalue weighted by molar-refractivity contribution is -0.171. The fourth-order valence-electron chi connectivity index (χ4n) is 2.30. The van der Waals surface area contributed by atoms with E-state index in [-0.39, 0.29) is 12.5 Å². The van der Waals surface area contributed by atoms with E-state index in [1.165, 1.54) is 4.90 Å². The number of likely N-dealkylation sites (N-methyl/N-ethyl adjacent to an activating group) is 1. The Hall–Kier alpha value is -2.08. The third-order valence-corrected chi connectivity index (χ3v) is 3.26. The molecule has 1 heterocycles. The Bertz CT molecular complexity index is 516. The molecule has 6 nitrogen and oxygen atoms in total. The number of hydrogen-bond acceptors (Lipinski definition) is 4. The fraction of sp³-hybridized carbons (Fsp3) is 0.429. The van der Waals surface area contributed by atoms with Crippen LogP contribution in [0.4, 0.5) is 0 Å². The van der Waals surface area contributed by atoms with Gasteiger partial charge in [0.2, 0.25) is 5.91 Å². The summed E-state index contributed by atoms with van der Waals surface area (Å²) in [5.74, 6) is -0.782. The number of carbonyl (C=O) groups excluding carboxylic acids is 1. The Morgan fingerprint density at radius 1 is 1.50 bits per heavy atom. The average Bonchev–Trinajstić information content (AvgIpc) is 2.42. The molecule has 1 amide bonds. The minimum Gasteiger partial charge on any atom is -0.494 e. The maximum Gasteiger partial charge on any atom is 0.335 e. The van der Waals surface area contributed by atoms with Crippen LogP contribution in [0.5, 0.6) is 5.75 Å². The maximum atomic E-state index is 11.8. The molecule has 2 atom stereocenters. The highest BCUT2D eigenvalue weighted by atomic mass is 16.5. The second-order valence-electron chi connectivity index (χ2n) is 4.49. The normalized spacial score (nSPS) is 22.7. The Kier molecular flexibility index (Phi) is 4.24. The smallest absolute Gasteiger partial charge is 0.335 e. The number of carboxylic acids is 1. The standard InChI is InChI=1S/C14H17NO5/c1-3-19-10-7-5-4-6-9(10)12-13(14(17)18)20-8-11(16)15(12)2/h4-7,12-13H,3,8H2,1-2H3,(H,17,18). The van der Waals surface area contributed by atoms with Crippen molar-refractivity contribution in [2.24, 2.45) is 0 Å². The van der Waals surface area contributed by atoms with E-state index >= 15 is 0 Å². The van der Waals surface area contributed by atoms with Crippen LogP contribution in [0.1, 0.15) is 18.5 Å². The Labute approximate surface area is 116 Å². The van der Waals surface area contributed by atoms with Crippen LogP contribution in [-0.4, -0.2) is 48.2 Å². The maximum absolute atomic E-state index is 11.8. The lowest BCUT2D eigenvalue weighted by Crippen LogP contribution is -2.50. The van der Waals surface area contributed by atoms with Crippen molar-refractivity contribution in [1.29, 1.82) is 0 Å². The number of aliphatic carboxylic acids is 1. The van der Waals surface area contributed by atoms with Crippen molar-refractivity contribution in [3.8, 4) is 5.75 Å². The lowest BCUT2D eigenvalue weighted by atomic mass is 9.97. The summed E-state index contributed by atoms with van der Waals surface area (Å²) in [7, 11) is 1.58. The van der Waals surface area contributed by atoms with Crippen LogP contribution in [0.15, 0.2) is 24.3 Å². The average molecular weight is 279 g/mol. The van der Waals surface area contributed by atoms with E-state index in [2.05, 4.69) is 0 Å². The molecule has 1 aromatic carbocycles. The van der Waals surface area contributed by atoms with Gasteiger partial charge in [-0.15, -0.1) is 0 Å². The van der Waals surface area contributed by atoms with Gasteiger partial charge in [0, 0.05) is 12.6 Å². The van der Waals surface area contributed by atoms with Crippen LogP contribution in [0.2, 0.25) is 0 Å². The summed E-state index contributed by atoms with van der Waals surface area (Å²) < 4.78 is 10.7. The van der Waals surface area contributed by atoms with E-state index in [4.69, 9.17) is 9.47 Å². The number of amides is 1. The fourth-order valence-corrected chi connectivity index (χ4v) is 2.30. The molecule has 2 unspecified atom stereocenters. The van der Waals surface area contributed by atoms with Gasteiger partial charge >= 0.3 is 5.97 Å². The van der Waals surface area contributed by atoms with Crippen LogP contribution >= 0.6 is 0 Å². The first-order chi connectivity index (χ1) is 9.56. The molecule has 0 aliphatic carbocycles. The minimum absolute atomic E-state index is 0.221. The summed E-state index contributed by atoms with van der Waals surface area (Å²) in [5, 5.41) is 9.29. The molecule has 1 aliphatic rings. The molecule has 0 saturated carbocycles. The second kappa shape index (κ2) is 5.92. The quantitative estimate of drug-likeness (QED) is 0.892. The van der Waals surface area contributed by atoms with Gasteiger partial charge in [0.15, 0.2) is 6.10 Å². The van der Waals surface area contributed by atoms with Crippen LogP contribution in [0.25, 0.3) is 0 Å². The molecule has 2 rings (SSSR count). The van der Waals surface area contributed by atoms with Gasteiger partial charge < -0.3 is 19.5 Å². The van der Waals surface area contributed by atoms with Crippen LogP contribution < -0.4 is 4.74 Å². The van der Waals surface area contributed by atoms with Gasteiger partial charge in [0.1, 0.15) is 12.4 Å². The lowest BCUT2D eigenvalue weighted by Gasteiger charge is -2.37. The first kappa shape index (κ1) is 14.3. The highest BCUT2D eigenvalue weighted by Crippen LogP contribution is 2.34. The number of carboxylic acid groups (broad SMARTS) is 1. The topological polar surface area (TPSA) is 76.1 Å².